The van der Waals surface area contributed by atoms with E-state index in [1.165, 1.54) is 0 Å². The van der Waals surface area contributed by atoms with Gasteiger partial charge < -0.3 is 4.90 Å². The van der Waals surface area contributed by atoms with Crippen LogP contribution < -0.4 is 0 Å². The summed E-state index contributed by atoms with van der Waals surface area (Å²) in [7, 11) is 1.84. The predicted octanol–water partition coefficient (Wildman–Crippen LogP) is 3.93. The standard InChI is InChI=1S/C18H22N2O/c1-13-10-11-14(12-19-13)15-8-6-7-9-16(15)17(21)20(5)18(2,3)4/h6-12H,1-5H3. The van der Waals surface area contributed by atoms with Gasteiger partial charge in [0.25, 0.3) is 5.91 Å². The summed E-state index contributed by atoms with van der Waals surface area (Å²) in [5, 5.41) is 0. The molecule has 0 fully saturated rings. The predicted molar refractivity (Wildman–Crippen MR) is 86.3 cm³/mol. The van der Waals surface area contributed by atoms with E-state index >= 15 is 0 Å². The minimum atomic E-state index is -0.213. The van der Waals surface area contributed by atoms with Gasteiger partial charge in [0.1, 0.15) is 0 Å². The van der Waals surface area contributed by atoms with Crippen LogP contribution in [0.1, 0.15) is 36.8 Å². The molecule has 0 N–H and O–H groups in total. The summed E-state index contributed by atoms with van der Waals surface area (Å²) in [5.74, 6) is 0.0266. The molecule has 21 heavy (non-hydrogen) atoms. The van der Waals surface area contributed by atoms with E-state index in [1.54, 1.807) is 4.90 Å². The molecule has 0 saturated heterocycles. The largest absolute Gasteiger partial charge is 0.337 e. The Bertz CT molecular complexity index is 639. The average Bonchev–Trinajstić information content (AvgIpc) is 2.45. The van der Waals surface area contributed by atoms with E-state index in [0.717, 1.165) is 16.8 Å². The Morgan fingerprint density at radius 1 is 1.10 bits per heavy atom. The van der Waals surface area contributed by atoms with Gasteiger partial charge in [-0.05, 0) is 45.4 Å². The zero-order valence-electron chi connectivity index (χ0n) is 13.3. The summed E-state index contributed by atoms with van der Waals surface area (Å²) in [6, 6.07) is 11.7. The Hall–Kier alpha value is -2.16. The molecular weight excluding hydrogens is 260 g/mol. The van der Waals surface area contributed by atoms with E-state index in [4.69, 9.17) is 0 Å². The van der Waals surface area contributed by atoms with Crippen LogP contribution >= 0.6 is 0 Å². The van der Waals surface area contributed by atoms with Crippen LogP contribution in [0.4, 0.5) is 0 Å². The molecule has 0 atom stereocenters. The van der Waals surface area contributed by atoms with Crippen LogP contribution in [0.5, 0.6) is 0 Å². The van der Waals surface area contributed by atoms with E-state index in [9.17, 15) is 4.79 Å². The average molecular weight is 282 g/mol. The highest BCUT2D eigenvalue weighted by atomic mass is 16.2. The number of aryl methyl sites for hydroxylation is 1. The second-order valence-corrected chi connectivity index (χ2v) is 6.27. The molecule has 0 spiro atoms. The Morgan fingerprint density at radius 3 is 2.33 bits per heavy atom. The molecule has 1 aromatic heterocycles. The number of benzene rings is 1. The molecule has 1 amide bonds. The number of aromatic nitrogens is 1. The lowest BCUT2D eigenvalue weighted by Gasteiger charge is -2.32. The topological polar surface area (TPSA) is 33.2 Å². The van der Waals surface area contributed by atoms with Gasteiger partial charge in [-0.2, -0.15) is 0 Å². The lowest BCUT2D eigenvalue weighted by atomic mass is 9.98. The van der Waals surface area contributed by atoms with Crippen LogP contribution in [-0.2, 0) is 0 Å². The molecule has 3 heteroatoms. The summed E-state index contributed by atoms with van der Waals surface area (Å²) >= 11 is 0. The first-order valence-corrected chi connectivity index (χ1v) is 7.11. The van der Waals surface area contributed by atoms with E-state index in [-0.39, 0.29) is 11.4 Å². The highest BCUT2D eigenvalue weighted by Crippen LogP contribution is 2.26. The lowest BCUT2D eigenvalue weighted by molar-refractivity contribution is 0.0656. The molecule has 1 heterocycles. The third-order valence-corrected chi connectivity index (χ3v) is 3.69. The van der Waals surface area contributed by atoms with Gasteiger partial charge in [-0.15, -0.1) is 0 Å². The van der Waals surface area contributed by atoms with Crippen LogP contribution in [0.3, 0.4) is 0 Å². The molecule has 0 saturated carbocycles. The van der Waals surface area contributed by atoms with Gasteiger partial charge in [-0.1, -0.05) is 24.3 Å². The highest BCUT2D eigenvalue weighted by Gasteiger charge is 2.25. The van der Waals surface area contributed by atoms with E-state index in [0.29, 0.717) is 5.56 Å². The van der Waals surface area contributed by atoms with Crippen molar-refractivity contribution in [2.45, 2.75) is 33.2 Å². The molecular formula is C18H22N2O. The quantitative estimate of drug-likeness (QED) is 0.836. The van der Waals surface area contributed by atoms with Gasteiger partial charge in [-0.25, -0.2) is 0 Å². The van der Waals surface area contributed by atoms with E-state index in [2.05, 4.69) is 4.98 Å². The number of carbonyl (C=O) groups is 1. The van der Waals surface area contributed by atoms with Crippen molar-refractivity contribution in [1.82, 2.24) is 9.88 Å². The fraction of sp³-hybridized carbons (Fsp3) is 0.333. The zero-order chi connectivity index (χ0) is 15.6. The third-order valence-electron chi connectivity index (χ3n) is 3.69. The number of hydrogen-bond donors (Lipinski definition) is 0. The van der Waals surface area contributed by atoms with Crippen LogP contribution in [0, 0.1) is 6.92 Å². The Morgan fingerprint density at radius 2 is 1.76 bits per heavy atom. The Balaban J connectivity index is 2.47. The number of pyridine rings is 1. The number of nitrogens with zero attached hydrogens (tertiary/aromatic N) is 2. The summed E-state index contributed by atoms with van der Waals surface area (Å²) in [6.07, 6.45) is 1.82. The minimum absolute atomic E-state index is 0.0266. The van der Waals surface area contributed by atoms with Crippen LogP contribution in [0.2, 0.25) is 0 Å². The minimum Gasteiger partial charge on any atom is -0.337 e. The van der Waals surface area contributed by atoms with Gasteiger partial charge in [0.05, 0.1) is 0 Å². The maximum Gasteiger partial charge on any atom is 0.254 e. The van der Waals surface area contributed by atoms with Gasteiger partial charge in [0.2, 0.25) is 0 Å². The molecule has 3 nitrogen and oxygen atoms in total. The lowest BCUT2D eigenvalue weighted by Crippen LogP contribution is -2.42. The summed E-state index contributed by atoms with van der Waals surface area (Å²) < 4.78 is 0. The van der Waals surface area contributed by atoms with Gasteiger partial charge in [0, 0.05) is 35.6 Å². The number of rotatable bonds is 2. The molecule has 2 aromatic rings. The Kier molecular flexibility index (Phi) is 4.12. The first-order valence-electron chi connectivity index (χ1n) is 7.11. The number of carbonyl (C=O) groups excluding carboxylic acids is 1. The van der Waals surface area contributed by atoms with Crippen molar-refractivity contribution < 1.29 is 4.79 Å². The van der Waals surface area contributed by atoms with Crippen molar-refractivity contribution in [1.29, 1.82) is 0 Å². The van der Waals surface area contributed by atoms with Crippen LogP contribution in [-0.4, -0.2) is 28.4 Å². The summed E-state index contributed by atoms with van der Waals surface area (Å²) in [4.78, 5) is 18.9. The second-order valence-electron chi connectivity index (χ2n) is 6.27. The molecule has 0 aliphatic carbocycles. The zero-order valence-corrected chi connectivity index (χ0v) is 13.3. The Labute approximate surface area is 126 Å². The maximum atomic E-state index is 12.8. The maximum absolute atomic E-state index is 12.8. The van der Waals surface area contributed by atoms with Crippen LogP contribution in [0.25, 0.3) is 11.1 Å². The van der Waals surface area contributed by atoms with Crippen LogP contribution in [0.15, 0.2) is 42.6 Å². The van der Waals surface area contributed by atoms with Crippen molar-refractivity contribution >= 4 is 5.91 Å². The third kappa shape index (κ3) is 3.30. The fourth-order valence-corrected chi connectivity index (χ4v) is 2.03. The highest BCUT2D eigenvalue weighted by molar-refractivity contribution is 6.01. The smallest absolute Gasteiger partial charge is 0.254 e. The van der Waals surface area contributed by atoms with Crippen molar-refractivity contribution in [3.05, 3.63) is 53.9 Å². The second kappa shape index (κ2) is 5.68. The molecule has 0 aliphatic rings. The van der Waals surface area contributed by atoms with Crippen molar-refractivity contribution in [2.75, 3.05) is 7.05 Å². The molecule has 110 valence electrons. The molecule has 0 radical (unpaired) electrons. The fourth-order valence-electron chi connectivity index (χ4n) is 2.03. The normalized spacial score (nSPS) is 11.3. The summed E-state index contributed by atoms with van der Waals surface area (Å²) in [5.41, 5.74) is 3.35. The van der Waals surface area contributed by atoms with Gasteiger partial charge >= 0.3 is 0 Å². The SMILES string of the molecule is Cc1ccc(-c2ccccc2C(=O)N(C)C(C)(C)C)cn1. The number of amides is 1. The molecule has 2 rings (SSSR count). The van der Waals surface area contributed by atoms with E-state index in [1.807, 2.05) is 77.3 Å². The first kappa shape index (κ1) is 15.2. The molecule has 0 aliphatic heterocycles. The van der Waals surface area contributed by atoms with Gasteiger partial charge in [0.15, 0.2) is 0 Å². The summed E-state index contributed by atoms with van der Waals surface area (Å²) in [6.45, 7) is 8.04. The van der Waals surface area contributed by atoms with Crippen molar-refractivity contribution in [2.24, 2.45) is 0 Å². The monoisotopic (exact) mass is 282 g/mol. The molecule has 0 bridgehead atoms. The van der Waals surface area contributed by atoms with Crippen molar-refractivity contribution in [3.63, 3.8) is 0 Å². The van der Waals surface area contributed by atoms with Crippen molar-refractivity contribution in [3.8, 4) is 11.1 Å². The molecule has 1 aromatic carbocycles. The van der Waals surface area contributed by atoms with E-state index < -0.39 is 0 Å². The first-order chi connectivity index (χ1) is 9.80. The van der Waals surface area contributed by atoms with Gasteiger partial charge in [-0.3, -0.25) is 9.78 Å². The number of hydrogen-bond acceptors (Lipinski definition) is 2. The molecule has 0 unspecified atom stereocenters.